The van der Waals surface area contributed by atoms with Gasteiger partial charge in [-0.15, -0.1) is 0 Å². The monoisotopic (exact) mass is 309 g/mol. The number of halogens is 1. The van der Waals surface area contributed by atoms with Gasteiger partial charge >= 0.3 is 0 Å². The molecule has 1 aliphatic rings. The van der Waals surface area contributed by atoms with E-state index < -0.39 is 0 Å². The van der Waals surface area contributed by atoms with E-state index in [0.29, 0.717) is 6.04 Å². The van der Waals surface area contributed by atoms with Gasteiger partial charge in [-0.3, -0.25) is 0 Å². The molecule has 21 heavy (non-hydrogen) atoms. The summed E-state index contributed by atoms with van der Waals surface area (Å²) in [6, 6.07) is 6.74. The van der Waals surface area contributed by atoms with E-state index in [4.69, 9.17) is 11.6 Å². The Morgan fingerprint density at radius 3 is 2.81 bits per heavy atom. The lowest BCUT2D eigenvalue weighted by Gasteiger charge is -2.24. The SMILES string of the molecule is CCNC(C)c1ccc(N(C)CC2CCN(C)C2)cc1Cl. The number of rotatable bonds is 6. The summed E-state index contributed by atoms with van der Waals surface area (Å²) in [7, 11) is 4.37. The van der Waals surface area contributed by atoms with E-state index >= 15 is 0 Å². The molecule has 0 saturated carbocycles. The van der Waals surface area contributed by atoms with Crippen LogP contribution in [0.4, 0.5) is 5.69 Å². The van der Waals surface area contributed by atoms with Gasteiger partial charge in [-0.1, -0.05) is 24.6 Å². The highest BCUT2D eigenvalue weighted by atomic mass is 35.5. The molecule has 1 aromatic carbocycles. The molecule has 2 rings (SSSR count). The van der Waals surface area contributed by atoms with E-state index in [2.05, 4.69) is 61.3 Å². The third-order valence-electron chi connectivity index (χ3n) is 4.42. The van der Waals surface area contributed by atoms with Crippen molar-refractivity contribution < 1.29 is 0 Å². The highest BCUT2D eigenvalue weighted by Crippen LogP contribution is 2.28. The van der Waals surface area contributed by atoms with Gasteiger partial charge in [0.15, 0.2) is 0 Å². The third-order valence-corrected chi connectivity index (χ3v) is 4.75. The van der Waals surface area contributed by atoms with Crippen LogP contribution in [0.25, 0.3) is 0 Å². The highest BCUT2D eigenvalue weighted by molar-refractivity contribution is 6.31. The van der Waals surface area contributed by atoms with E-state index in [-0.39, 0.29) is 0 Å². The average molecular weight is 310 g/mol. The van der Waals surface area contributed by atoms with Crippen LogP contribution in [-0.4, -0.2) is 45.2 Å². The molecule has 1 aromatic rings. The zero-order chi connectivity index (χ0) is 15.4. The van der Waals surface area contributed by atoms with Crippen LogP contribution in [0.15, 0.2) is 18.2 Å². The van der Waals surface area contributed by atoms with Crippen molar-refractivity contribution in [2.75, 3.05) is 45.2 Å². The third kappa shape index (κ3) is 4.35. The minimum Gasteiger partial charge on any atom is -0.374 e. The van der Waals surface area contributed by atoms with Crippen molar-refractivity contribution in [1.29, 1.82) is 0 Å². The molecule has 1 N–H and O–H groups in total. The Balaban J connectivity index is 2.01. The topological polar surface area (TPSA) is 18.5 Å². The summed E-state index contributed by atoms with van der Waals surface area (Å²) in [4.78, 5) is 4.74. The van der Waals surface area contributed by atoms with E-state index in [1.54, 1.807) is 0 Å². The zero-order valence-corrected chi connectivity index (χ0v) is 14.5. The number of benzene rings is 1. The second-order valence-electron chi connectivity index (χ2n) is 6.28. The zero-order valence-electron chi connectivity index (χ0n) is 13.7. The normalized spacial score (nSPS) is 20.7. The molecule has 1 saturated heterocycles. The first kappa shape index (κ1) is 16.6. The molecule has 0 aliphatic carbocycles. The predicted molar refractivity (Wildman–Crippen MR) is 92.4 cm³/mol. The molecule has 118 valence electrons. The molecule has 2 unspecified atom stereocenters. The molecule has 0 spiro atoms. The first-order chi connectivity index (χ1) is 10.0. The van der Waals surface area contributed by atoms with Crippen LogP contribution in [0.5, 0.6) is 0 Å². The van der Waals surface area contributed by atoms with Crippen molar-refractivity contribution in [2.45, 2.75) is 26.3 Å². The fourth-order valence-corrected chi connectivity index (χ4v) is 3.53. The Labute approximate surface area is 134 Å². The van der Waals surface area contributed by atoms with Crippen molar-refractivity contribution in [1.82, 2.24) is 10.2 Å². The number of nitrogens with one attached hydrogen (secondary N) is 1. The summed E-state index contributed by atoms with van der Waals surface area (Å²) in [5.41, 5.74) is 2.39. The Morgan fingerprint density at radius 1 is 1.48 bits per heavy atom. The summed E-state index contributed by atoms with van der Waals surface area (Å²) in [5, 5.41) is 4.27. The number of nitrogens with zero attached hydrogens (tertiary/aromatic N) is 2. The van der Waals surface area contributed by atoms with Crippen molar-refractivity contribution in [3.05, 3.63) is 28.8 Å². The molecular formula is C17H28ClN3. The number of likely N-dealkylation sites (tertiary alicyclic amines) is 1. The molecule has 3 nitrogen and oxygen atoms in total. The minimum atomic E-state index is 0.297. The van der Waals surface area contributed by atoms with E-state index in [0.717, 1.165) is 24.0 Å². The Hall–Kier alpha value is -0.770. The maximum absolute atomic E-state index is 6.47. The van der Waals surface area contributed by atoms with Crippen LogP contribution < -0.4 is 10.2 Å². The lowest BCUT2D eigenvalue weighted by Crippen LogP contribution is -2.27. The second kappa shape index (κ2) is 7.48. The lowest BCUT2D eigenvalue weighted by atomic mass is 10.1. The summed E-state index contributed by atoms with van der Waals surface area (Å²) in [6.45, 7) is 8.75. The fraction of sp³-hybridized carbons (Fsp3) is 0.647. The number of anilines is 1. The number of hydrogen-bond donors (Lipinski definition) is 1. The quantitative estimate of drug-likeness (QED) is 0.869. The van der Waals surface area contributed by atoms with Crippen molar-refractivity contribution in [2.24, 2.45) is 5.92 Å². The van der Waals surface area contributed by atoms with Crippen LogP contribution in [-0.2, 0) is 0 Å². The first-order valence-corrected chi connectivity index (χ1v) is 8.31. The lowest BCUT2D eigenvalue weighted by molar-refractivity contribution is 0.396. The van der Waals surface area contributed by atoms with Gasteiger partial charge in [0.25, 0.3) is 0 Å². The van der Waals surface area contributed by atoms with Gasteiger partial charge in [0, 0.05) is 36.9 Å². The molecule has 1 heterocycles. The molecule has 0 aromatic heterocycles. The van der Waals surface area contributed by atoms with Crippen molar-refractivity contribution >= 4 is 17.3 Å². The van der Waals surface area contributed by atoms with Crippen molar-refractivity contribution in [3.8, 4) is 0 Å². The Bertz CT molecular complexity index is 463. The Morgan fingerprint density at radius 2 is 2.24 bits per heavy atom. The van der Waals surface area contributed by atoms with Gasteiger partial charge in [-0.05, 0) is 57.1 Å². The van der Waals surface area contributed by atoms with Crippen molar-refractivity contribution in [3.63, 3.8) is 0 Å². The molecule has 0 bridgehead atoms. The van der Waals surface area contributed by atoms with E-state index in [1.807, 2.05) is 0 Å². The maximum Gasteiger partial charge on any atom is 0.0474 e. The molecule has 0 amide bonds. The summed E-state index contributed by atoms with van der Waals surface area (Å²) in [5.74, 6) is 0.763. The first-order valence-electron chi connectivity index (χ1n) is 7.93. The molecule has 1 fully saturated rings. The average Bonchev–Trinajstić information content (AvgIpc) is 2.84. The highest BCUT2D eigenvalue weighted by Gasteiger charge is 2.21. The second-order valence-corrected chi connectivity index (χ2v) is 6.69. The minimum absolute atomic E-state index is 0.297. The van der Waals surface area contributed by atoms with Crippen LogP contribution in [0.2, 0.25) is 5.02 Å². The summed E-state index contributed by atoms with van der Waals surface area (Å²) in [6.07, 6.45) is 1.30. The predicted octanol–water partition coefficient (Wildman–Crippen LogP) is 3.40. The largest absolute Gasteiger partial charge is 0.374 e. The van der Waals surface area contributed by atoms with Gasteiger partial charge in [-0.2, -0.15) is 0 Å². The molecule has 2 atom stereocenters. The molecular weight excluding hydrogens is 282 g/mol. The van der Waals surface area contributed by atoms with Gasteiger partial charge in [0.1, 0.15) is 0 Å². The maximum atomic E-state index is 6.47. The van der Waals surface area contributed by atoms with Gasteiger partial charge < -0.3 is 15.1 Å². The van der Waals surface area contributed by atoms with Crippen LogP contribution >= 0.6 is 11.6 Å². The molecule has 4 heteroatoms. The molecule has 1 aliphatic heterocycles. The smallest absolute Gasteiger partial charge is 0.0474 e. The summed E-state index contributed by atoms with van der Waals surface area (Å²) < 4.78 is 0. The fourth-order valence-electron chi connectivity index (χ4n) is 3.19. The van der Waals surface area contributed by atoms with E-state index in [1.165, 1.54) is 30.8 Å². The van der Waals surface area contributed by atoms with Gasteiger partial charge in [-0.25, -0.2) is 0 Å². The van der Waals surface area contributed by atoms with Crippen LogP contribution in [0.1, 0.15) is 31.9 Å². The molecule has 0 radical (unpaired) electrons. The van der Waals surface area contributed by atoms with Crippen LogP contribution in [0.3, 0.4) is 0 Å². The van der Waals surface area contributed by atoms with Crippen LogP contribution in [0, 0.1) is 5.92 Å². The summed E-state index contributed by atoms with van der Waals surface area (Å²) >= 11 is 6.47. The Kier molecular flexibility index (Phi) is 5.91. The van der Waals surface area contributed by atoms with Gasteiger partial charge in [0.05, 0.1) is 0 Å². The standard InChI is InChI=1S/C17H28ClN3/c1-5-19-13(2)16-7-6-15(10-17(16)18)21(4)12-14-8-9-20(3)11-14/h6-7,10,13-14,19H,5,8-9,11-12H2,1-4H3. The van der Waals surface area contributed by atoms with Gasteiger partial charge in [0.2, 0.25) is 0 Å². The number of hydrogen-bond acceptors (Lipinski definition) is 3. The van der Waals surface area contributed by atoms with E-state index in [9.17, 15) is 0 Å².